The number of ether oxygens (including phenoxy) is 1. The van der Waals surface area contributed by atoms with Gasteiger partial charge in [-0.1, -0.05) is 55.8 Å². The molecule has 0 aliphatic heterocycles. The Bertz CT molecular complexity index is 681. The predicted molar refractivity (Wildman–Crippen MR) is 90.3 cm³/mol. The number of hydrogen-bond donors (Lipinski definition) is 0. The van der Waals surface area contributed by atoms with Crippen LogP contribution in [0.25, 0.3) is 0 Å². The summed E-state index contributed by atoms with van der Waals surface area (Å²) in [5.74, 6) is -0.917. The van der Waals surface area contributed by atoms with Gasteiger partial charge in [-0.15, -0.1) is 0 Å². The van der Waals surface area contributed by atoms with Crippen LogP contribution in [0.15, 0.2) is 54.6 Å². The molecular weight excluding hydrogens is 329 g/mol. The minimum atomic E-state index is -4.58. The Morgan fingerprint density at radius 1 is 1.00 bits per heavy atom. The Hall–Kier alpha value is -2.30. The summed E-state index contributed by atoms with van der Waals surface area (Å²) < 4.78 is 44.6. The van der Waals surface area contributed by atoms with Crippen LogP contribution in [-0.4, -0.2) is 12.1 Å². The first kappa shape index (κ1) is 19.0. The van der Waals surface area contributed by atoms with E-state index in [1.807, 2.05) is 37.3 Å². The standard InChI is InChI=1S/C20H21F3O2/c1-2-8-16(14-13-15-9-4-3-5-10-15)25-19(24)17-11-6-7-12-18(17)20(21,22)23/h3-7,9-12,16H,2,8,13-14H2,1H3. The molecule has 0 saturated heterocycles. The molecule has 134 valence electrons. The number of carbonyl (C=O) groups excluding carboxylic acids is 1. The molecule has 2 aromatic carbocycles. The molecule has 2 aromatic rings. The highest BCUT2D eigenvalue weighted by Crippen LogP contribution is 2.32. The van der Waals surface area contributed by atoms with Gasteiger partial charge in [0, 0.05) is 0 Å². The third-order valence-corrected chi connectivity index (χ3v) is 3.93. The average Bonchev–Trinajstić information content (AvgIpc) is 2.60. The number of halogens is 3. The highest BCUT2D eigenvalue weighted by Gasteiger charge is 2.35. The van der Waals surface area contributed by atoms with E-state index in [0.717, 1.165) is 24.1 Å². The molecule has 0 aliphatic rings. The van der Waals surface area contributed by atoms with Crippen LogP contribution in [-0.2, 0) is 17.3 Å². The van der Waals surface area contributed by atoms with E-state index in [2.05, 4.69) is 0 Å². The van der Waals surface area contributed by atoms with Crippen molar-refractivity contribution in [3.63, 3.8) is 0 Å². The highest BCUT2D eigenvalue weighted by atomic mass is 19.4. The Labute approximate surface area is 145 Å². The maximum Gasteiger partial charge on any atom is 0.417 e. The molecule has 0 heterocycles. The smallest absolute Gasteiger partial charge is 0.417 e. The summed E-state index contributed by atoms with van der Waals surface area (Å²) in [4.78, 5) is 12.3. The van der Waals surface area contributed by atoms with Crippen LogP contribution in [0.4, 0.5) is 13.2 Å². The first-order valence-corrected chi connectivity index (χ1v) is 8.33. The number of aryl methyl sites for hydroxylation is 1. The lowest BCUT2D eigenvalue weighted by atomic mass is 10.0. The van der Waals surface area contributed by atoms with Gasteiger partial charge < -0.3 is 4.74 Å². The van der Waals surface area contributed by atoms with Crippen molar-refractivity contribution in [1.29, 1.82) is 0 Å². The second kappa shape index (κ2) is 8.70. The van der Waals surface area contributed by atoms with Crippen molar-refractivity contribution < 1.29 is 22.7 Å². The van der Waals surface area contributed by atoms with E-state index in [0.29, 0.717) is 19.3 Å². The fraction of sp³-hybridized carbons (Fsp3) is 0.350. The lowest BCUT2D eigenvalue weighted by molar-refractivity contribution is -0.138. The first-order valence-electron chi connectivity index (χ1n) is 8.33. The van der Waals surface area contributed by atoms with Crippen molar-refractivity contribution in [1.82, 2.24) is 0 Å². The molecular formula is C20H21F3O2. The average molecular weight is 350 g/mol. The van der Waals surface area contributed by atoms with Crippen molar-refractivity contribution >= 4 is 5.97 Å². The van der Waals surface area contributed by atoms with Gasteiger partial charge in [0.2, 0.25) is 0 Å². The van der Waals surface area contributed by atoms with Crippen molar-refractivity contribution in [3.8, 4) is 0 Å². The van der Waals surface area contributed by atoms with Gasteiger partial charge in [-0.3, -0.25) is 0 Å². The van der Waals surface area contributed by atoms with Crippen molar-refractivity contribution in [2.45, 2.75) is 44.9 Å². The van der Waals surface area contributed by atoms with Crippen molar-refractivity contribution in [2.75, 3.05) is 0 Å². The van der Waals surface area contributed by atoms with Crippen LogP contribution in [0.2, 0.25) is 0 Å². The van der Waals surface area contributed by atoms with Gasteiger partial charge in [0.15, 0.2) is 0 Å². The van der Waals surface area contributed by atoms with E-state index >= 15 is 0 Å². The minimum absolute atomic E-state index is 0.404. The van der Waals surface area contributed by atoms with Gasteiger partial charge in [-0.2, -0.15) is 13.2 Å². The summed E-state index contributed by atoms with van der Waals surface area (Å²) >= 11 is 0. The summed E-state index contributed by atoms with van der Waals surface area (Å²) in [6.45, 7) is 1.95. The molecule has 0 amide bonds. The molecule has 2 rings (SSSR count). The number of alkyl halides is 3. The molecule has 0 spiro atoms. The van der Waals surface area contributed by atoms with Crippen LogP contribution in [0.1, 0.15) is 47.7 Å². The van der Waals surface area contributed by atoms with Crippen LogP contribution in [0.5, 0.6) is 0 Å². The fourth-order valence-corrected chi connectivity index (χ4v) is 2.68. The molecule has 0 bridgehead atoms. The molecule has 0 fully saturated rings. The monoisotopic (exact) mass is 350 g/mol. The second-order valence-electron chi connectivity index (χ2n) is 5.88. The molecule has 0 aromatic heterocycles. The highest BCUT2D eigenvalue weighted by molar-refractivity contribution is 5.91. The number of rotatable bonds is 7. The normalized spacial score (nSPS) is 12.6. The molecule has 0 radical (unpaired) electrons. The van der Waals surface area contributed by atoms with E-state index in [1.165, 1.54) is 12.1 Å². The van der Waals surface area contributed by atoms with Gasteiger partial charge in [-0.05, 0) is 37.0 Å². The zero-order chi connectivity index (χ0) is 18.3. The molecule has 0 aliphatic carbocycles. The van der Waals surface area contributed by atoms with Gasteiger partial charge >= 0.3 is 12.1 Å². The Morgan fingerprint density at radius 3 is 2.28 bits per heavy atom. The third-order valence-electron chi connectivity index (χ3n) is 3.93. The SMILES string of the molecule is CCCC(CCc1ccccc1)OC(=O)c1ccccc1C(F)(F)F. The number of benzene rings is 2. The zero-order valence-corrected chi connectivity index (χ0v) is 14.1. The van der Waals surface area contributed by atoms with Crippen LogP contribution in [0.3, 0.4) is 0 Å². The van der Waals surface area contributed by atoms with Gasteiger partial charge in [0.25, 0.3) is 0 Å². The maximum absolute atomic E-state index is 13.1. The van der Waals surface area contributed by atoms with Crippen molar-refractivity contribution in [2.24, 2.45) is 0 Å². The second-order valence-corrected chi connectivity index (χ2v) is 5.88. The Kier molecular flexibility index (Phi) is 6.62. The molecule has 1 atom stereocenters. The molecule has 5 heteroatoms. The quantitative estimate of drug-likeness (QED) is 0.602. The summed E-state index contributed by atoms with van der Waals surface area (Å²) in [7, 11) is 0. The van der Waals surface area contributed by atoms with E-state index < -0.39 is 29.4 Å². The Morgan fingerprint density at radius 2 is 1.64 bits per heavy atom. The molecule has 2 nitrogen and oxygen atoms in total. The van der Waals surface area contributed by atoms with Crippen LogP contribution >= 0.6 is 0 Å². The van der Waals surface area contributed by atoms with Gasteiger partial charge in [-0.25, -0.2) is 4.79 Å². The number of carbonyl (C=O) groups is 1. The summed E-state index contributed by atoms with van der Waals surface area (Å²) in [5, 5.41) is 0. The molecule has 1 unspecified atom stereocenters. The molecule has 25 heavy (non-hydrogen) atoms. The van der Waals surface area contributed by atoms with Crippen molar-refractivity contribution in [3.05, 3.63) is 71.3 Å². The molecule has 0 N–H and O–H groups in total. The van der Waals surface area contributed by atoms with E-state index in [4.69, 9.17) is 4.74 Å². The predicted octanol–water partition coefficient (Wildman–Crippen LogP) is 5.66. The zero-order valence-electron chi connectivity index (χ0n) is 14.1. The summed E-state index contributed by atoms with van der Waals surface area (Å²) in [6, 6.07) is 14.4. The minimum Gasteiger partial charge on any atom is -0.459 e. The van der Waals surface area contributed by atoms with Crippen LogP contribution < -0.4 is 0 Å². The molecule has 0 saturated carbocycles. The number of hydrogen-bond acceptors (Lipinski definition) is 2. The third kappa shape index (κ3) is 5.62. The lowest BCUT2D eigenvalue weighted by Gasteiger charge is -2.19. The van der Waals surface area contributed by atoms with Gasteiger partial charge in [0.1, 0.15) is 6.10 Å². The van der Waals surface area contributed by atoms with E-state index in [9.17, 15) is 18.0 Å². The van der Waals surface area contributed by atoms with E-state index in [-0.39, 0.29) is 0 Å². The number of esters is 1. The van der Waals surface area contributed by atoms with Crippen LogP contribution in [0, 0.1) is 0 Å². The maximum atomic E-state index is 13.1. The van der Waals surface area contributed by atoms with E-state index in [1.54, 1.807) is 0 Å². The van der Waals surface area contributed by atoms with Gasteiger partial charge in [0.05, 0.1) is 11.1 Å². The lowest BCUT2D eigenvalue weighted by Crippen LogP contribution is -2.22. The summed E-state index contributed by atoms with van der Waals surface area (Å²) in [6.07, 6.45) is -2.29. The Balaban J connectivity index is 2.08. The fourth-order valence-electron chi connectivity index (χ4n) is 2.68. The topological polar surface area (TPSA) is 26.3 Å². The largest absolute Gasteiger partial charge is 0.459 e. The first-order chi connectivity index (χ1) is 11.9. The summed E-state index contributed by atoms with van der Waals surface area (Å²) in [5.41, 5.74) is -0.288.